The number of piperazine rings is 1. The van der Waals surface area contributed by atoms with Gasteiger partial charge >= 0.3 is 0 Å². The number of carbonyl (C=O) groups is 1. The summed E-state index contributed by atoms with van der Waals surface area (Å²) in [6, 6.07) is 6.91. The van der Waals surface area contributed by atoms with Crippen molar-refractivity contribution in [2.24, 2.45) is 0 Å². The molecule has 3 heterocycles. The van der Waals surface area contributed by atoms with E-state index >= 15 is 0 Å². The van der Waals surface area contributed by atoms with Crippen LogP contribution in [0.3, 0.4) is 0 Å². The Morgan fingerprint density at radius 3 is 2.97 bits per heavy atom. The highest BCUT2D eigenvalue weighted by Gasteiger charge is 2.29. The molecule has 0 saturated carbocycles. The van der Waals surface area contributed by atoms with Crippen LogP contribution in [0.2, 0.25) is 0 Å². The van der Waals surface area contributed by atoms with Gasteiger partial charge in [0.1, 0.15) is 18.1 Å². The van der Waals surface area contributed by atoms with Gasteiger partial charge in [-0.25, -0.2) is 14.1 Å². The minimum absolute atomic E-state index is 0.0199. The predicted molar refractivity (Wildman–Crippen MR) is 117 cm³/mol. The number of hydrogen-bond donors (Lipinski definition) is 0. The number of anilines is 1. The van der Waals surface area contributed by atoms with Gasteiger partial charge in [0.15, 0.2) is 5.65 Å². The quantitative estimate of drug-likeness (QED) is 0.507. The maximum absolute atomic E-state index is 14.5. The first kappa shape index (κ1) is 19.9. The molecule has 1 aliphatic heterocycles. The molecular weight excluding hydrogens is 488 g/mol. The van der Waals surface area contributed by atoms with Crippen LogP contribution in [0.15, 0.2) is 36.7 Å². The van der Waals surface area contributed by atoms with Crippen LogP contribution < -0.4 is 9.64 Å². The predicted octanol–water partition coefficient (Wildman–Crippen LogP) is 2.92. The zero-order valence-electron chi connectivity index (χ0n) is 16.2. The summed E-state index contributed by atoms with van der Waals surface area (Å²) in [6.07, 6.45) is 3.40. The highest BCUT2D eigenvalue weighted by molar-refractivity contribution is 14.1. The standard InChI is InChI=1S/C20H21FIN5O2/c1-13-11-25(17-9-18(29-2)16(22)8-15(17)21)6-7-26(13)19(28)12-27-20-14(10-24-27)4-3-5-23-20/h3-5,8-10,13H,6-7,11-12H2,1-2H3/t13-/m0/s1. The van der Waals surface area contributed by atoms with Gasteiger partial charge in [-0.05, 0) is 47.7 Å². The van der Waals surface area contributed by atoms with Crippen LogP contribution in [-0.4, -0.2) is 58.4 Å². The Labute approximate surface area is 181 Å². The molecule has 152 valence electrons. The van der Waals surface area contributed by atoms with E-state index in [4.69, 9.17) is 4.74 Å². The van der Waals surface area contributed by atoms with E-state index in [0.717, 1.165) is 8.96 Å². The smallest absolute Gasteiger partial charge is 0.244 e. The first-order chi connectivity index (χ1) is 14.0. The minimum Gasteiger partial charge on any atom is -0.496 e. The molecule has 0 spiro atoms. The number of pyridine rings is 1. The molecule has 4 rings (SSSR count). The van der Waals surface area contributed by atoms with Crippen LogP contribution >= 0.6 is 22.6 Å². The molecular formula is C20H21FIN5O2. The van der Waals surface area contributed by atoms with Gasteiger partial charge in [0, 0.05) is 43.3 Å². The number of aromatic nitrogens is 3. The molecule has 1 amide bonds. The Balaban J connectivity index is 1.47. The third kappa shape index (κ3) is 3.87. The fourth-order valence-electron chi connectivity index (χ4n) is 3.71. The van der Waals surface area contributed by atoms with Gasteiger partial charge in [0.05, 0.1) is 22.6 Å². The normalized spacial score (nSPS) is 17.0. The maximum atomic E-state index is 14.5. The average molecular weight is 509 g/mol. The third-order valence-electron chi connectivity index (χ3n) is 5.19. The molecule has 3 aromatic rings. The molecule has 0 bridgehead atoms. The molecule has 0 aliphatic carbocycles. The average Bonchev–Trinajstić information content (AvgIpc) is 3.11. The summed E-state index contributed by atoms with van der Waals surface area (Å²) in [6.45, 7) is 3.72. The van der Waals surface area contributed by atoms with Crippen LogP contribution in [0.5, 0.6) is 5.75 Å². The van der Waals surface area contributed by atoms with Crippen molar-refractivity contribution in [2.45, 2.75) is 19.5 Å². The molecule has 29 heavy (non-hydrogen) atoms. The number of fused-ring (bicyclic) bond motifs is 1. The van der Waals surface area contributed by atoms with E-state index in [2.05, 4.69) is 32.7 Å². The lowest BCUT2D eigenvalue weighted by Gasteiger charge is -2.41. The Morgan fingerprint density at radius 2 is 2.21 bits per heavy atom. The molecule has 2 aromatic heterocycles. The maximum Gasteiger partial charge on any atom is 0.244 e. The van der Waals surface area contributed by atoms with E-state index in [1.807, 2.05) is 28.9 Å². The lowest BCUT2D eigenvalue weighted by molar-refractivity contribution is -0.134. The molecule has 1 aromatic carbocycles. The Morgan fingerprint density at radius 1 is 1.38 bits per heavy atom. The fourth-order valence-corrected chi connectivity index (χ4v) is 4.36. The van der Waals surface area contributed by atoms with Gasteiger partial charge in [0.2, 0.25) is 5.91 Å². The number of ether oxygens (including phenoxy) is 1. The Hall–Kier alpha value is -2.43. The molecule has 0 N–H and O–H groups in total. The number of benzene rings is 1. The summed E-state index contributed by atoms with van der Waals surface area (Å²) < 4.78 is 22.2. The van der Waals surface area contributed by atoms with Crippen molar-refractivity contribution >= 4 is 45.2 Å². The van der Waals surface area contributed by atoms with Crippen LogP contribution in [-0.2, 0) is 11.3 Å². The summed E-state index contributed by atoms with van der Waals surface area (Å²) in [4.78, 5) is 21.0. The van der Waals surface area contributed by atoms with Gasteiger partial charge in [-0.1, -0.05) is 0 Å². The van der Waals surface area contributed by atoms with E-state index in [9.17, 15) is 9.18 Å². The highest BCUT2D eigenvalue weighted by Crippen LogP contribution is 2.31. The van der Waals surface area contributed by atoms with E-state index in [0.29, 0.717) is 36.7 Å². The first-order valence-electron chi connectivity index (χ1n) is 9.32. The number of methoxy groups -OCH3 is 1. The minimum atomic E-state index is -0.281. The molecule has 1 aliphatic rings. The third-order valence-corrected chi connectivity index (χ3v) is 6.04. The largest absolute Gasteiger partial charge is 0.496 e. The first-order valence-corrected chi connectivity index (χ1v) is 10.4. The molecule has 1 fully saturated rings. The molecule has 1 saturated heterocycles. The van der Waals surface area contributed by atoms with E-state index in [-0.39, 0.29) is 24.3 Å². The van der Waals surface area contributed by atoms with Crippen LogP contribution in [0.25, 0.3) is 11.0 Å². The van der Waals surface area contributed by atoms with Crippen molar-refractivity contribution in [1.82, 2.24) is 19.7 Å². The van der Waals surface area contributed by atoms with Crippen molar-refractivity contribution in [1.29, 1.82) is 0 Å². The van der Waals surface area contributed by atoms with Gasteiger partial charge in [0.25, 0.3) is 0 Å². The number of carbonyl (C=O) groups excluding carboxylic acids is 1. The lowest BCUT2D eigenvalue weighted by Crippen LogP contribution is -2.55. The topological polar surface area (TPSA) is 63.5 Å². The fraction of sp³-hybridized carbons (Fsp3) is 0.350. The lowest BCUT2D eigenvalue weighted by atomic mass is 10.1. The Kier molecular flexibility index (Phi) is 5.57. The van der Waals surface area contributed by atoms with Crippen molar-refractivity contribution in [3.63, 3.8) is 0 Å². The van der Waals surface area contributed by atoms with Crippen molar-refractivity contribution in [2.75, 3.05) is 31.6 Å². The van der Waals surface area contributed by atoms with E-state index in [1.165, 1.54) is 6.07 Å². The number of hydrogen-bond acceptors (Lipinski definition) is 5. The monoisotopic (exact) mass is 509 g/mol. The van der Waals surface area contributed by atoms with Crippen LogP contribution in [0.4, 0.5) is 10.1 Å². The van der Waals surface area contributed by atoms with Crippen molar-refractivity contribution < 1.29 is 13.9 Å². The van der Waals surface area contributed by atoms with E-state index in [1.54, 1.807) is 30.3 Å². The van der Waals surface area contributed by atoms with Gasteiger partial charge < -0.3 is 14.5 Å². The zero-order valence-corrected chi connectivity index (χ0v) is 18.3. The van der Waals surface area contributed by atoms with E-state index < -0.39 is 0 Å². The summed E-state index contributed by atoms with van der Waals surface area (Å²) in [5.41, 5.74) is 1.20. The van der Waals surface area contributed by atoms with Gasteiger partial charge in [-0.3, -0.25) is 4.79 Å². The van der Waals surface area contributed by atoms with Gasteiger partial charge in [-0.15, -0.1) is 0 Å². The molecule has 9 heteroatoms. The second-order valence-corrected chi connectivity index (χ2v) is 8.20. The molecule has 1 atom stereocenters. The number of rotatable bonds is 4. The van der Waals surface area contributed by atoms with Crippen molar-refractivity contribution in [3.8, 4) is 5.75 Å². The summed E-state index contributed by atoms with van der Waals surface area (Å²) in [7, 11) is 1.58. The highest BCUT2D eigenvalue weighted by atomic mass is 127. The summed E-state index contributed by atoms with van der Waals surface area (Å²) in [5.74, 6) is 0.343. The molecule has 7 nitrogen and oxygen atoms in total. The zero-order chi connectivity index (χ0) is 20.5. The van der Waals surface area contributed by atoms with Crippen LogP contribution in [0.1, 0.15) is 6.92 Å². The second-order valence-electron chi connectivity index (χ2n) is 7.04. The molecule has 0 radical (unpaired) electrons. The van der Waals surface area contributed by atoms with Crippen LogP contribution in [0, 0.1) is 9.39 Å². The molecule has 0 unspecified atom stereocenters. The summed E-state index contributed by atoms with van der Waals surface area (Å²) in [5, 5.41) is 5.19. The Bertz CT molecular complexity index is 1060. The van der Waals surface area contributed by atoms with Crippen molar-refractivity contribution in [3.05, 3.63) is 46.0 Å². The second kappa shape index (κ2) is 8.13. The number of halogens is 2. The SMILES string of the molecule is COc1cc(N2CCN(C(=O)Cn3ncc4cccnc43)[C@@H](C)C2)c(F)cc1I. The van der Waals surface area contributed by atoms with Gasteiger partial charge in [-0.2, -0.15) is 5.10 Å². The summed E-state index contributed by atoms with van der Waals surface area (Å²) >= 11 is 2.06. The number of nitrogens with zero attached hydrogens (tertiary/aromatic N) is 5. The number of amides is 1.